The predicted molar refractivity (Wildman–Crippen MR) is 114 cm³/mol. The standard InChI is InChI=1S/C23H19BrN2O4/c1-14-19(11-17-8-9-21(30-17)15-4-6-16(24)7-5-15)22(27)26(23(28)20(14)12-25)13-18-3-2-10-29-18/h4-9,11,18H,2-3,10,13H2,1H3/b19-11+. The normalized spacial score (nSPS) is 20.9. The van der Waals surface area contributed by atoms with Crippen molar-refractivity contribution in [1.82, 2.24) is 4.90 Å². The van der Waals surface area contributed by atoms with Crippen molar-refractivity contribution in [3.05, 3.63) is 63.4 Å². The van der Waals surface area contributed by atoms with Gasteiger partial charge in [-0.15, -0.1) is 0 Å². The Morgan fingerprint density at radius 3 is 2.63 bits per heavy atom. The lowest BCUT2D eigenvalue weighted by Crippen LogP contribution is -2.46. The second-order valence-electron chi connectivity index (χ2n) is 7.23. The highest BCUT2D eigenvalue weighted by atomic mass is 79.9. The van der Waals surface area contributed by atoms with Gasteiger partial charge in [0.1, 0.15) is 23.2 Å². The molecular formula is C23H19BrN2O4. The van der Waals surface area contributed by atoms with Gasteiger partial charge in [0, 0.05) is 22.2 Å². The number of furan rings is 1. The Balaban J connectivity index is 1.67. The van der Waals surface area contributed by atoms with E-state index in [9.17, 15) is 14.9 Å². The van der Waals surface area contributed by atoms with Crippen LogP contribution < -0.4 is 0 Å². The zero-order valence-corrected chi connectivity index (χ0v) is 17.9. The molecule has 2 aliphatic rings. The number of imide groups is 1. The van der Waals surface area contributed by atoms with Gasteiger partial charge >= 0.3 is 0 Å². The molecule has 4 rings (SSSR count). The molecule has 3 heterocycles. The molecule has 1 unspecified atom stereocenters. The molecule has 6 nitrogen and oxygen atoms in total. The first kappa shape index (κ1) is 20.3. The minimum absolute atomic E-state index is 0.0291. The number of nitrogens with zero attached hydrogens (tertiary/aromatic N) is 2. The Morgan fingerprint density at radius 1 is 1.20 bits per heavy atom. The van der Waals surface area contributed by atoms with E-state index in [2.05, 4.69) is 15.9 Å². The molecule has 2 aromatic rings. The summed E-state index contributed by atoms with van der Waals surface area (Å²) in [6.07, 6.45) is 3.08. The van der Waals surface area contributed by atoms with Crippen LogP contribution in [0.3, 0.4) is 0 Å². The number of carbonyl (C=O) groups is 2. The van der Waals surface area contributed by atoms with Gasteiger partial charge in [-0.3, -0.25) is 14.5 Å². The van der Waals surface area contributed by atoms with E-state index in [-0.39, 0.29) is 23.8 Å². The second-order valence-corrected chi connectivity index (χ2v) is 8.15. The zero-order valence-electron chi connectivity index (χ0n) is 16.4. The van der Waals surface area contributed by atoms with Crippen molar-refractivity contribution in [3.8, 4) is 17.4 Å². The quantitative estimate of drug-likeness (QED) is 0.489. The summed E-state index contributed by atoms with van der Waals surface area (Å²) in [5.41, 5.74) is 1.51. The number of carbonyl (C=O) groups excluding carboxylic acids is 2. The maximum absolute atomic E-state index is 13.1. The van der Waals surface area contributed by atoms with Gasteiger partial charge in [-0.25, -0.2) is 0 Å². The van der Waals surface area contributed by atoms with Gasteiger partial charge in [0.2, 0.25) is 0 Å². The Morgan fingerprint density at radius 2 is 1.97 bits per heavy atom. The van der Waals surface area contributed by atoms with E-state index < -0.39 is 11.8 Å². The monoisotopic (exact) mass is 466 g/mol. The molecule has 7 heteroatoms. The SMILES string of the molecule is CC1=C(C#N)C(=O)N(CC2CCCO2)C(=O)/C1=C/c1ccc(-c2ccc(Br)cc2)o1. The molecule has 0 N–H and O–H groups in total. The molecule has 1 saturated heterocycles. The average Bonchev–Trinajstić information content (AvgIpc) is 3.42. The van der Waals surface area contributed by atoms with Crippen molar-refractivity contribution in [3.63, 3.8) is 0 Å². The van der Waals surface area contributed by atoms with E-state index in [1.165, 1.54) is 0 Å². The van der Waals surface area contributed by atoms with E-state index in [1.807, 2.05) is 36.4 Å². The van der Waals surface area contributed by atoms with Crippen molar-refractivity contribution < 1.29 is 18.7 Å². The summed E-state index contributed by atoms with van der Waals surface area (Å²) in [4.78, 5) is 26.9. The largest absolute Gasteiger partial charge is 0.457 e. The van der Waals surface area contributed by atoms with Gasteiger partial charge in [-0.05, 0) is 55.7 Å². The lowest BCUT2D eigenvalue weighted by atomic mass is 9.94. The average molecular weight is 467 g/mol. The first-order chi connectivity index (χ1) is 14.5. The Kier molecular flexibility index (Phi) is 5.71. The molecule has 0 saturated carbocycles. The third-order valence-corrected chi connectivity index (χ3v) is 5.81. The van der Waals surface area contributed by atoms with Crippen molar-refractivity contribution in [2.24, 2.45) is 0 Å². The van der Waals surface area contributed by atoms with Crippen LogP contribution in [0.4, 0.5) is 0 Å². The number of rotatable bonds is 4. The van der Waals surface area contributed by atoms with Gasteiger partial charge < -0.3 is 9.15 Å². The fourth-order valence-corrected chi connectivity index (χ4v) is 3.89. The number of hydrogen-bond acceptors (Lipinski definition) is 5. The summed E-state index contributed by atoms with van der Waals surface area (Å²) in [6, 6.07) is 13.2. The van der Waals surface area contributed by atoms with Crippen LogP contribution in [0.1, 0.15) is 25.5 Å². The van der Waals surface area contributed by atoms with Crippen molar-refractivity contribution in [2.75, 3.05) is 13.2 Å². The van der Waals surface area contributed by atoms with Gasteiger partial charge in [-0.2, -0.15) is 5.26 Å². The maximum atomic E-state index is 13.1. The summed E-state index contributed by atoms with van der Waals surface area (Å²) < 4.78 is 12.4. The number of ether oxygens (including phenoxy) is 1. The van der Waals surface area contributed by atoms with Crippen LogP contribution in [-0.4, -0.2) is 36.0 Å². The minimum atomic E-state index is -0.567. The molecule has 30 heavy (non-hydrogen) atoms. The van der Waals surface area contributed by atoms with Gasteiger partial charge in [-0.1, -0.05) is 28.1 Å². The molecule has 1 aromatic carbocycles. The predicted octanol–water partition coefficient (Wildman–Crippen LogP) is 4.48. The zero-order chi connectivity index (χ0) is 21.3. The molecule has 1 atom stereocenters. The molecule has 2 amide bonds. The van der Waals surface area contributed by atoms with E-state index in [1.54, 1.807) is 19.1 Å². The van der Waals surface area contributed by atoms with Crippen LogP contribution in [0, 0.1) is 11.3 Å². The Bertz CT molecular complexity index is 1100. The fraction of sp³-hybridized carbons (Fsp3) is 0.261. The number of halogens is 1. The van der Waals surface area contributed by atoms with E-state index in [4.69, 9.17) is 9.15 Å². The van der Waals surface area contributed by atoms with E-state index in [0.29, 0.717) is 23.7 Å². The van der Waals surface area contributed by atoms with Crippen LogP contribution in [0.5, 0.6) is 0 Å². The molecule has 0 bridgehead atoms. The van der Waals surface area contributed by atoms with Crippen LogP contribution in [-0.2, 0) is 14.3 Å². The van der Waals surface area contributed by atoms with E-state index >= 15 is 0 Å². The van der Waals surface area contributed by atoms with Crippen molar-refractivity contribution in [2.45, 2.75) is 25.9 Å². The first-order valence-electron chi connectivity index (χ1n) is 9.64. The van der Waals surface area contributed by atoms with Gasteiger partial charge in [0.05, 0.1) is 12.6 Å². The maximum Gasteiger partial charge on any atom is 0.271 e. The third kappa shape index (κ3) is 3.89. The molecule has 0 spiro atoms. The third-order valence-electron chi connectivity index (χ3n) is 5.28. The number of amides is 2. The summed E-state index contributed by atoms with van der Waals surface area (Å²) in [6.45, 7) is 2.38. The minimum Gasteiger partial charge on any atom is -0.457 e. The first-order valence-corrected chi connectivity index (χ1v) is 10.4. The molecule has 0 aliphatic carbocycles. The Labute approximate surface area is 182 Å². The fourth-order valence-electron chi connectivity index (χ4n) is 3.63. The molecule has 1 aromatic heterocycles. The summed E-state index contributed by atoms with van der Waals surface area (Å²) in [7, 11) is 0. The highest BCUT2D eigenvalue weighted by Crippen LogP contribution is 2.30. The number of benzene rings is 1. The van der Waals surface area contributed by atoms with Gasteiger partial charge in [0.15, 0.2) is 0 Å². The lowest BCUT2D eigenvalue weighted by molar-refractivity contribution is -0.142. The molecular weight excluding hydrogens is 448 g/mol. The number of hydrogen-bond donors (Lipinski definition) is 0. The molecule has 0 radical (unpaired) electrons. The highest BCUT2D eigenvalue weighted by Gasteiger charge is 2.37. The number of nitriles is 1. The Hall–Kier alpha value is -2.95. The topological polar surface area (TPSA) is 83.5 Å². The van der Waals surface area contributed by atoms with Crippen LogP contribution >= 0.6 is 15.9 Å². The smallest absolute Gasteiger partial charge is 0.271 e. The van der Waals surface area contributed by atoms with E-state index in [0.717, 1.165) is 27.8 Å². The van der Waals surface area contributed by atoms with Crippen LogP contribution in [0.15, 0.2) is 62.0 Å². The van der Waals surface area contributed by atoms with Crippen molar-refractivity contribution in [1.29, 1.82) is 5.26 Å². The molecule has 152 valence electrons. The van der Waals surface area contributed by atoms with Crippen molar-refractivity contribution >= 4 is 33.8 Å². The summed E-state index contributed by atoms with van der Waals surface area (Å²) in [5, 5.41) is 9.50. The summed E-state index contributed by atoms with van der Waals surface area (Å²) in [5.74, 6) is 0.127. The second kappa shape index (κ2) is 8.42. The van der Waals surface area contributed by atoms with Crippen LogP contribution in [0.2, 0.25) is 0 Å². The molecule has 2 aliphatic heterocycles. The van der Waals surface area contributed by atoms with Gasteiger partial charge in [0.25, 0.3) is 11.8 Å². The molecule has 1 fully saturated rings. The summed E-state index contributed by atoms with van der Waals surface area (Å²) >= 11 is 3.41. The van der Waals surface area contributed by atoms with Crippen LogP contribution in [0.25, 0.3) is 17.4 Å². The lowest BCUT2D eigenvalue weighted by Gasteiger charge is -2.29. The highest BCUT2D eigenvalue weighted by molar-refractivity contribution is 9.10.